The molecule has 1 unspecified atom stereocenters. The molecule has 0 aliphatic heterocycles. The normalized spacial score (nSPS) is 11.5. The predicted molar refractivity (Wildman–Crippen MR) is 108 cm³/mol. The number of nitrogens with one attached hydrogen (secondary N) is 2. The molecule has 3 rings (SSSR count). The van der Waals surface area contributed by atoms with Gasteiger partial charge >= 0.3 is 0 Å². The van der Waals surface area contributed by atoms with E-state index >= 15 is 0 Å². The average Bonchev–Trinajstić information content (AvgIpc) is 2.68. The number of rotatable bonds is 5. The predicted octanol–water partition coefficient (Wildman–Crippen LogP) is 4.74. The summed E-state index contributed by atoms with van der Waals surface area (Å²) >= 11 is 0. The summed E-state index contributed by atoms with van der Waals surface area (Å²) < 4.78 is 0. The molecule has 0 saturated carbocycles. The lowest BCUT2D eigenvalue weighted by Gasteiger charge is -2.15. The highest BCUT2D eigenvalue weighted by atomic mass is 16.2. The molecule has 0 spiro atoms. The van der Waals surface area contributed by atoms with Crippen LogP contribution >= 0.6 is 0 Å². The molecule has 0 bridgehead atoms. The average molecular weight is 358 g/mol. The van der Waals surface area contributed by atoms with Crippen molar-refractivity contribution in [1.82, 2.24) is 5.32 Å². The molecule has 4 nitrogen and oxygen atoms in total. The molecule has 136 valence electrons. The summed E-state index contributed by atoms with van der Waals surface area (Å²) in [5.41, 5.74) is 3.73. The Bertz CT molecular complexity index is 951. The molecule has 0 aliphatic rings. The molecule has 1 atom stereocenters. The molecule has 27 heavy (non-hydrogen) atoms. The first-order valence-electron chi connectivity index (χ1n) is 8.87. The number of amides is 2. The minimum absolute atomic E-state index is 0.107. The zero-order valence-electron chi connectivity index (χ0n) is 15.4. The lowest BCUT2D eigenvalue weighted by molar-refractivity contribution is 0.0938. The molecule has 3 aromatic rings. The van der Waals surface area contributed by atoms with Crippen LogP contribution in [-0.2, 0) is 0 Å². The standard InChI is InChI=1S/C23H22N2O2/c1-16-8-6-11-19(14-16)23(27)25-21-13-7-12-20(15-21)22(26)24-17(2)18-9-4-3-5-10-18/h3-15,17H,1-2H3,(H,24,26)(H,25,27). The van der Waals surface area contributed by atoms with E-state index in [0.717, 1.165) is 11.1 Å². The lowest BCUT2D eigenvalue weighted by Crippen LogP contribution is -2.26. The number of benzene rings is 3. The van der Waals surface area contributed by atoms with Gasteiger partial charge in [0, 0.05) is 16.8 Å². The van der Waals surface area contributed by atoms with Gasteiger partial charge in [-0.2, -0.15) is 0 Å². The van der Waals surface area contributed by atoms with Crippen LogP contribution in [0.15, 0.2) is 78.9 Å². The second kappa shape index (κ2) is 8.32. The second-order valence-corrected chi connectivity index (χ2v) is 6.51. The van der Waals surface area contributed by atoms with Crippen LogP contribution in [0.2, 0.25) is 0 Å². The Morgan fingerprint density at radius 3 is 2.15 bits per heavy atom. The minimum atomic E-state index is -0.200. The van der Waals surface area contributed by atoms with Crippen molar-refractivity contribution >= 4 is 17.5 Å². The molecule has 2 N–H and O–H groups in total. The van der Waals surface area contributed by atoms with E-state index in [2.05, 4.69) is 10.6 Å². The monoisotopic (exact) mass is 358 g/mol. The van der Waals surface area contributed by atoms with Crippen molar-refractivity contribution in [2.45, 2.75) is 19.9 Å². The fourth-order valence-corrected chi connectivity index (χ4v) is 2.83. The van der Waals surface area contributed by atoms with Crippen LogP contribution in [0, 0.1) is 6.92 Å². The second-order valence-electron chi connectivity index (χ2n) is 6.51. The Hall–Kier alpha value is -3.40. The SMILES string of the molecule is Cc1cccc(C(=O)Nc2cccc(C(=O)NC(C)c3ccccc3)c2)c1. The molecule has 4 heteroatoms. The van der Waals surface area contributed by atoms with E-state index in [4.69, 9.17) is 0 Å². The van der Waals surface area contributed by atoms with Gasteiger partial charge in [0.15, 0.2) is 0 Å². The van der Waals surface area contributed by atoms with Crippen molar-refractivity contribution in [3.8, 4) is 0 Å². The van der Waals surface area contributed by atoms with Crippen LogP contribution in [0.5, 0.6) is 0 Å². The van der Waals surface area contributed by atoms with Gasteiger partial charge in [0.1, 0.15) is 0 Å². The van der Waals surface area contributed by atoms with Gasteiger partial charge in [-0.3, -0.25) is 9.59 Å². The topological polar surface area (TPSA) is 58.2 Å². The maximum Gasteiger partial charge on any atom is 0.255 e. The molecule has 0 saturated heterocycles. The van der Waals surface area contributed by atoms with Crippen molar-refractivity contribution < 1.29 is 9.59 Å². The molecule has 0 aromatic heterocycles. The Balaban J connectivity index is 1.69. The largest absolute Gasteiger partial charge is 0.346 e. The van der Waals surface area contributed by atoms with E-state index in [1.807, 2.05) is 62.4 Å². The van der Waals surface area contributed by atoms with E-state index in [1.54, 1.807) is 30.3 Å². The first-order valence-corrected chi connectivity index (χ1v) is 8.87. The summed E-state index contributed by atoms with van der Waals surface area (Å²) in [7, 11) is 0. The summed E-state index contributed by atoms with van der Waals surface area (Å²) in [6.45, 7) is 3.88. The summed E-state index contributed by atoms with van der Waals surface area (Å²) in [5, 5.41) is 5.83. The van der Waals surface area contributed by atoms with Gasteiger partial charge in [0.25, 0.3) is 11.8 Å². The fourth-order valence-electron chi connectivity index (χ4n) is 2.83. The summed E-state index contributed by atoms with van der Waals surface area (Å²) in [4.78, 5) is 25.0. The third-order valence-corrected chi connectivity index (χ3v) is 4.31. The van der Waals surface area contributed by atoms with E-state index in [1.165, 1.54) is 0 Å². The third-order valence-electron chi connectivity index (χ3n) is 4.31. The molecular formula is C23H22N2O2. The van der Waals surface area contributed by atoms with Crippen LogP contribution in [-0.4, -0.2) is 11.8 Å². The lowest BCUT2D eigenvalue weighted by atomic mass is 10.1. The number of carbonyl (C=O) groups excluding carboxylic acids is 2. The Morgan fingerprint density at radius 1 is 0.778 bits per heavy atom. The maximum atomic E-state index is 12.6. The van der Waals surface area contributed by atoms with Crippen LogP contribution in [0.4, 0.5) is 5.69 Å². The summed E-state index contributed by atoms with van der Waals surface area (Å²) in [5.74, 6) is -0.382. The number of anilines is 1. The molecular weight excluding hydrogens is 336 g/mol. The van der Waals surface area contributed by atoms with E-state index < -0.39 is 0 Å². The first kappa shape index (κ1) is 18.4. The van der Waals surface area contributed by atoms with Gasteiger partial charge in [-0.25, -0.2) is 0 Å². The van der Waals surface area contributed by atoms with Crippen LogP contribution in [0.3, 0.4) is 0 Å². The number of hydrogen-bond acceptors (Lipinski definition) is 2. The Kier molecular flexibility index (Phi) is 5.67. The van der Waals surface area contributed by atoms with Crippen molar-refractivity contribution in [1.29, 1.82) is 0 Å². The third kappa shape index (κ3) is 4.82. The number of aryl methyl sites for hydroxylation is 1. The smallest absolute Gasteiger partial charge is 0.255 e. The molecule has 0 fully saturated rings. The van der Waals surface area contributed by atoms with Gasteiger partial charge in [-0.05, 0) is 49.7 Å². The van der Waals surface area contributed by atoms with Crippen LogP contribution in [0.25, 0.3) is 0 Å². The van der Waals surface area contributed by atoms with Crippen LogP contribution < -0.4 is 10.6 Å². The number of hydrogen-bond donors (Lipinski definition) is 2. The van der Waals surface area contributed by atoms with Crippen molar-refractivity contribution in [2.75, 3.05) is 5.32 Å². The van der Waals surface area contributed by atoms with E-state index in [-0.39, 0.29) is 17.9 Å². The summed E-state index contributed by atoms with van der Waals surface area (Å²) in [6, 6.07) is 24.0. The van der Waals surface area contributed by atoms with Crippen molar-refractivity contribution in [3.63, 3.8) is 0 Å². The van der Waals surface area contributed by atoms with Gasteiger partial charge in [0.2, 0.25) is 0 Å². The quantitative estimate of drug-likeness (QED) is 0.692. The molecule has 0 aliphatic carbocycles. The highest BCUT2D eigenvalue weighted by Gasteiger charge is 2.12. The molecule has 3 aromatic carbocycles. The highest BCUT2D eigenvalue weighted by Crippen LogP contribution is 2.16. The maximum absolute atomic E-state index is 12.6. The number of carbonyl (C=O) groups is 2. The Labute approximate surface area is 159 Å². The van der Waals surface area contributed by atoms with Gasteiger partial charge in [-0.1, -0.05) is 54.1 Å². The zero-order chi connectivity index (χ0) is 19.2. The molecule has 0 heterocycles. The van der Waals surface area contributed by atoms with Crippen LogP contribution in [0.1, 0.15) is 44.8 Å². The van der Waals surface area contributed by atoms with Gasteiger partial charge in [0.05, 0.1) is 6.04 Å². The van der Waals surface area contributed by atoms with Gasteiger partial charge < -0.3 is 10.6 Å². The zero-order valence-corrected chi connectivity index (χ0v) is 15.4. The van der Waals surface area contributed by atoms with Crippen molar-refractivity contribution in [2.24, 2.45) is 0 Å². The van der Waals surface area contributed by atoms with E-state index in [0.29, 0.717) is 16.8 Å². The first-order chi connectivity index (χ1) is 13.0. The fraction of sp³-hybridized carbons (Fsp3) is 0.130. The van der Waals surface area contributed by atoms with Crippen molar-refractivity contribution in [3.05, 3.63) is 101 Å². The Morgan fingerprint density at radius 2 is 1.44 bits per heavy atom. The van der Waals surface area contributed by atoms with Gasteiger partial charge in [-0.15, -0.1) is 0 Å². The summed E-state index contributed by atoms with van der Waals surface area (Å²) in [6.07, 6.45) is 0. The van der Waals surface area contributed by atoms with E-state index in [9.17, 15) is 9.59 Å². The molecule has 0 radical (unpaired) electrons. The molecule has 2 amide bonds. The highest BCUT2D eigenvalue weighted by molar-refractivity contribution is 6.05. The minimum Gasteiger partial charge on any atom is -0.346 e.